The highest BCUT2D eigenvalue weighted by Crippen LogP contribution is 2.24. The van der Waals surface area contributed by atoms with Gasteiger partial charge in [0.2, 0.25) is 0 Å². The van der Waals surface area contributed by atoms with Gasteiger partial charge in [0.1, 0.15) is 5.69 Å². The summed E-state index contributed by atoms with van der Waals surface area (Å²) in [7, 11) is 0. The van der Waals surface area contributed by atoms with Crippen LogP contribution in [0, 0.1) is 0 Å². The summed E-state index contributed by atoms with van der Waals surface area (Å²) in [5, 5.41) is 9.13. The van der Waals surface area contributed by atoms with Crippen LogP contribution < -0.4 is 5.73 Å². The predicted molar refractivity (Wildman–Crippen MR) is 68.6 cm³/mol. The van der Waals surface area contributed by atoms with E-state index in [9.17, 15) is 0 Å². The van der Waals surface area contributed by atoms with Crippen molar-refractivity contribution in [1.82, 2.24) is 15.0 Å². The second-order valence-corrected chi connectivity index (χ2v) is 5.21. The third kappa shape index (κ3) is 2.60. The molecule has 6 heteroatoms. The minimum absolute atomic E-state index is 0.517. The number of halogens is 2. The zero-order chi connectivity index (χ0) is 12.6. The number of nitrogens with two attached hydrogens (primary N) is 1. The van der Waals surface area contributed by atoms with E-state index in [1.54, 1.807) is 29.1 Å². The fourth-order valence-corrected chi connectivity index (χ4v) is 1.84. The van der Waals surface area contributed by atoms with E-state index < -0.39 is 5.54 Å². The van der Waals surface area contributed by atoms with E-state index in [-0.39, 0.29) is 0 Å². The molecule has 1 heterocycles. The predicted octanol–water partition coefficient (Wildman–Crippen LogP) is 2.77. The Morgan fingerprint density at radius 3 is 2.53 bits per heavy atom. The van der Waals surface area contributed by atoms with Crippen molar-refractivity contribution in [2.24, 2.45) is 5.73 Å². The molecule has 90 valence electrons. The molecule has 4 nitrogen and oxygen atoms in total. The average molecular weight is 271 g/mol. The molecule has 2 aromatic rings. The van der Waals surface area contributed by atoms with E-state index in [1.807, 2.05) is 13.8 Å². The molecule has 1 aromatic heterocycles. The molecular formula is C11H12Cl2N4. The molecule has 2 rings (SSSR count). The van der Waals surface area contributed by atoms with E-state index in [1.165, 1.54) is 0 Å². The summed E-state index contributed by atoms with van der Waals surface area (Å²) in [6, 6.07) is 5.19. The van der Waals surface area contributed by atoms with Gasteiger partial charge in [0.05, 0.1) is 22.4 Å². The maximum absolute atomic E-state index is 6.08. The van der Waals surface area contributed by atoms with Crippen LogP contribution in [0.2, 0.25) is 10.0 Å². The van der Waals surface area contributed by atoms with Crippen molar-refractivity contribution in [2.45, 2.75) is 19.4 Å². The Morgan fingerprint density at radius 1 is 1.29 bits per heavy atom. The second-order valence-electron chi connectivity index (χ2n) is 4.37. The van der Waals surface area contributed by atoms with Gasteiger partial charge < -0.3 is 5.73 Å². The summed E-state index contributed by atoms with van der Waals surface area (Å²) in [5.41, 5.74) is 6.83. The molecule has 0 fully saturated rings. The molecule has 2 N–H and O–H groups in total. The second kappa shape index (κ2) is 4.29. The molecule has 0 unspecified atom stereocenters. The number of benzene rings is 1. The average Bonchev–Trinajstić information content (AvgIpc) is 2.65. The van der Waals surface area contributed by atoms with Crippen molar-refractivity contribution in [3.63, 3.8) is 0 Å². The molecule has 0 saturated carbocycles. The highest BCUT2D eigenvalue weighted by molar-refractivity contribution is 6.35. The number of hydrogen-bond donors (Lipinski definition) is 1. The summed E-state index contributed by atoms with van der Waals surface area (Å²) in [6.07, 6.45) is 1.76. The van der Waals surface area contributed by atoms with Crippen molar-refractivity contribution in [3.05, 3.63) is 40.1 Å². The van der Waals surface area contributed by atoms with E-state index >= 15 is 0 Å². The summed E-state index contributed by atoms with van der Waals surface area (Å²) in [6.45, 7) is 3.73. The lowest BCUT2D eigenvalue weighted by atomic mass is 10.0. The molecule has 0 aliphatic heterocycles. The highest BCUT2D eigenvalue weighted by Gasteiger charge is 2.19. The topological polar surface area (TPSA) is 56.7 Å². The van der Waals surface area contributed by atoms with Gasteiger partial charge in [-0.1, -0.05) is 28.4 Å². The molecule has 0 atom stereocenters. The SMILES string of the molecule is CC(C)(N)c1cn(-c2ccc(Cl)cc2Cl)nn1. The van der Waals surface area contributed by atoms with Crippen LogP contribution in [0.4, 0.5) is 0 Å². The molecule has 1 aromatic carbocycles. The largest absolute Gasteiger partial charge is 0.320 e. The summed E-state index contributed by atoms with van der Waals surface area (Å²) >= 11 is 11.9. The Bertz CT molecular complexity index is 543. The number of rotatable bonds is 2. The summed E-state index contributed by atoms with van der Waals surface area (Å²) in [4.78, 5) is 0. The number of nitrogens with zero attached hydrogens (tertiary/aromatic N) is 3. The summed E-state index contributed by atoms with van der Waals surface area (Å²) in [5.74, 6) is 0. The fourth-order valence-electron chi connectivity index (χ4n) is 1.34. The number of hydrogen-bond acceptors (Lipinski definition) is 3. The van der Waals surface area contributed by atoms with E-state index in [0.29, 0.717) is 15.7 Å². The molecule has 0 radical (unpaired) electrons. The quantitative estimate of drug-likeness (QED) is 0.913. The molecule has 0 saturated heterocycles. The maximum Gasteiger partial charge on any atom is 0.102 e. The molecule has 0 spiro atoms. The Balaban J connectivity index is 2.44. The Hall–Kier alpha value is -1.10. The normalized spacial score (nSPS) is 11.8. The van der Waals surface area contributed by atoms with Crippen molar-refractivity contribution in [1.29, 1.82) is 0 Å². The van der Waals surface area contributed by atoms with Gasteiger partial charge in [-0.15, -0.1) is 5.10 Å². The van der Waals surface area contributed by atoms with Crippen LogP contribution in [0.3, 0.4) is 0 Å². The van der Waals surface area contributed by atoms with Crippen molar-refractivity contribution in [3.8, 4) is 5.69 Å². The lowest BCUT2D eigenvalue weighted by Crippen LogP contribution is -2.29. The van der Waals surface area contributed by atoms with Gasteiger partial charge in [0.25, 0.3) is 0 Å². The molecule has 17 heavy (non-hydrogen) atoms. The van der Waals surface area contributed by atoms with Crippen molar-refractivity contribution < 1.29 is 0 Å². The van der Waals surface area contributed by atoms with Gasteiger partial charge >= 0.3 is 0 Å². The maximum atomic E-state index is 6.08. The monoisotopic (exact) mass is 270 g/mol. The van der Waals surface area contributed by atoms with Crippen molar-refractivity contribution in [2.75, 3.05) is 0 Å². The first kappa shape index (κ1) is 12.4. The van der Waals surface area contributed by atoms with Crippen LogP contribution >= 0.6 is 23.2 Å². The number of aromatic nitrogens is 3. The van der Waals surface area contributed by atoms with Gasteiger partial charge in [-0.3, -0.25) is 0 Å². The van der Waals surface area contributed by atoms with Crippen LogP contribution in [-0.4, -0.2) is 15.0 Å². The zero-order valence-electron chi connectivity index (χ0n) is 9.48. The molecule has 0 aliphatic carbocycles. The van der Waals surface area contributed by atoms with Gasteiger partial charge in [-0.05, 0) is 32.0 Å². The lowest BCUT2D eigenvalue weighted by Gasteiger charge is -2.13. The molecule has 0 bridgehead atoms. The van der Waals surface area contributed by atoms with Gasteiger partial charge in [0, 0.05) is 5.02 Å². The Morgan fingerprint density at radius 2 is 2.00 bits per heavy atom. The first-order valence-electron chi connectivity index (χ1n) is 5.05. The van der Waals surface area contributed by atoms with E-state index in [0.717, 1.165) is 5.69 Å². The third-order valence-corrected chi connectivity index (χ3v) is 2.85. The smallest absolute Gasteiger partial charge is 0.102 e. The zero-order valence-corrected chi connectivity index (χ0v) is 11.0. The first-order valence-corrected chi connectivity index (χ1v) is 5.80. The van der Waals surface area contributed by atoms with E-state index in [4.69, 9.17) is 28.9 Å². The van der Waals surface area contributed by atoms with Gasteiger partial charge in [-0.25, -0.2) is 4.68 Å². The minimum atomic E-state index is -0.531. The van der Waals surface area contributed by atoms with Crippen molar-refractivity contribution >= 4 is 23.2 Å². The highest BCUT2D eigenvalue weighted by atomic mass is 35.5. The third-order valence-electron chi connectivity index (χ3n) is 2.31. The van der Waals surface area contributed by atoms with E-state index in [2.05, 4.69) is 10.3 Å². The Kier molecular flexibility index (Phi) is 3.12. The fraction of sp³-hybridized carbons (Fsp3) is 0.273. The minimum Gasteiger partial charge on any atom is -0.320 e. The van der Waals surface area contributed by atoms with Crippen LogP contribution in [0.5, 0.6) is 0 Å². The van der Waals surface area contributed by atoms with Crippen LogP contribution in [0.15, 0.2) is 24.4 Å². The van der Waals surface area contributed by atoms with Crippen LogP contribution in [0.1, 0.15) is 19.5 Å². The standard InChI is InChI=1S/C11H12Cl2N4/c1-11(2,14)10-6-17(16-15-10)9-4-3-7(12)5-8(9)13/h3-6H,14H2,1-2H3. The molecule has 0 amide bonds. The lowest BCUT2D eigenvalue weighted by molar-refractivity contribution is 0.533. The molecule has 0 aliphatic rings. The van der Waals surface area contributed by atoms with Crippen LogP contribution in [0.25, 0.3) is 5.69 Å². The van der Waals surface area contributed by atoms with Gasteiger partial charge in [0.15, 0.2) is 0 Å². The Labute approximate surface area is 109 Å². The summed E-state index contributed by atoms with van der Waals surface area (Å²) < 4.78 is 1.59. The molecular weight excluding hydrogens is 259 g/mol. The van der Waals surface area contributed by atoms with Crippen LogP contribution in [-0.2, 0) is 5.54 Å². The van der Waals surface area contributed by atoms with Gasteiger partial charge in [-0.2, -0.15) is 0 Å². The first-order chi connectivity index (χ1) is 7.88.